The van der Waals surface area contributed by atoms with Crippen molar-refractivity contribution in [3.05, 3.63) is 60.2 Å². The van der Waals surface area contributed by atoms with Crippen molar-refractivity contribution in [2.75, 3.05) is 0 Å². The van der Waals surface area contributed by atoms with Gasteiger partial charge in [0, 0.05) is 5.56 Å². The second kappa shape index (κ2) is 5.91. The third kappa shape index (κ3) is 3.08. The zero-order valence-corrected chi connectivity index (χ0v) is 11.0. The van der Waals surface area contributed by atoms with Gasteiger partial charge >= 0.3 is 0 Å². The molecule has 2 aromatic heterocycles. The van der Waals surface area contributed by atoms with Gasteiger partial charge in [-0.2, -0.15) is 15.3 Å². The maximum absolute atomic E-state index is 11.9. The quantitative estimate of drug-likeness (QED) is 0.748. The molecule has 3 rings (SSSR count). The Bertz CT molecular complexity index is 725. The molecule has 0 aliphatic carbocycles. The lowest BCUT2D eigenvalue weighted by Gasteiger charge is -2.01. The molecule has 1 amide bonds. The Labute approximate surface area is 120 Å². The highest BCUT2D eigenvalue weighted by Crippen LogP contribution is 2.13. The van der Waals surface area contributed by atoms with E-state index in [1.54, 1.807) is 6.07 Å². The van der Waals surface area contributed by atoms with Gasteiger partial charge in [0.25, 0.3) is 5.91 Å². The standard InChI is InChI=1S/C14H12N6O/c21-14(11-6-7-16-17-8-11)15-9-12-18-13(20-19-12)10-4-2-1-3-5-10/h1-8H,9H2,(H,15,21)(H,18,19,20). The van der Waals surface area contributed by atoms with E-state index < -0.39 is 0 Å². The molecule has 0 spiro atoms. The summed E-state index contributed by atoms with van der Waals surface area (Å²) in [4.78, 5) is 16.2. The lowest BCUT2D eigenvalue weighted by Crippen LogP contribution is -2.23. The van der Waals surface area contributed by atoms with Crippen LogP contribution < -0.4 is 5.32 Å². The van der Waals surface area contributed by atoms with Crippen LogP contribution in [0.4, 0.5) is 0 Å². The molecule has 0 saturated carbocycles. The first-order valence-corrected chi connectivity index (χ1v) is 6.34. The molecule has 2 N–H and O–H groups in total. The van der Waals surface area contributed by atoms with Crippen LogP contribution in [0.15, 0.2) is 48.8 Å². The first-order valence-electron chi connectivity index (χ1n) is 6.34. The van der Waals surface area contributed by atoms with Gasteiger partial charge in [0.2, 0.25) is 0 Å². The zero-order chi connectivity index (χ0) is 14.5. The number of nitrogens with one attached hydrogen (secondary N) is 2. The molecule has 0 atom stereocenters. The summed E-state index contributed by atoms with van der Waals surface area (Å²) >= 11 is 0. The monoisotopic (exact) mass is 280 g/mol. The minimum Gasteiger partial charge on any atom is -0.345 e. The Hall–Kier alpha value is -3.09. The number of nitrogens with zero attached hydrogens (tertiary/aromatic N) is 4. The van der Waals surface area contributed by atoms with Crippen LogP contribution in [0.25, 0.3) is 11.4 Å². The topological polar surface area (TPSA) is 96.5 Å². The molecule has 104 valence electrons. The van der Waals surface area contributed by atoms with E-state index in [0.717, 1.165) is 5.56 Å². The van der Waals surface area contributed by atoms with Gasteiger partial charge in [-0.05, 0) is 6.07 Å². The summed E-state index contributed by atoms with van der Waals surface area (Å²) in [5.41, 5.74) is 1.37. The van der Waals surface area contributed by atoms with E-state index in [1.165, 1.54) is 12.4 Å². The van der Waals surface area contributed by atoms with E-state index in [0.29, 0.717) is 17.2 Å². The number of H-pyrrole nitrogens is 1. The van der Waals surface area contributed by atoms with Crippen molar-refractivity contribution in [1.29, 1.82) is 0 Å². The van der Waals surface area contributed by atoms with Crippen LogP contribution in [-0.4, -0.2) is 31.3 Å². The Kier molecular flexibility index (Phi) is 3.64. The normalized spacial score (nSPS) is 10.3. The molecule has 0 aliphatic rings. The molecule has 1 aromatic carbocycles. The van der Waals surface area contributed by atoms with Crippen LogP contribution in [0.3, 0.4) is 0 Å². The molecule has 0 saturated heterocycles. The predicted molar refractivity (Wildman–Crippen MR) is 75.0 cm³/mol. The molecular formula is C14H12N6O. The fraction of sp³-hybridized carbons (Fsp3) is 0.0714. The number of aromatic amines is 1. The lowest BCUT2D eigenvalue weighted by atomic mass is 10.2. The third-order valence-electron chi connectivity index (χ3n) is 2.83. The van der Waals surface area contributed by atoms with Crippen molar-refractivity contribution in [1.82, 2.24) is 30.7 Å². The number of amides is 1. The number of hydrogen-bond acceptors (Lipinski definition) is 5. The summed E-state index contributed by atoms with van der Waals surface area (Å²) in [7, 11) is 0. The number of carbonyl (C=O) groups is 1. The van der Waals surface area contributed by atoms with Gasteiger partial charge in [-0.25, -0.2) is 4.98 Å². The third-order valence-corrected chi connectivity index (χ3v) is 2.83. The summed E-state index contributed by atoms with van der Waals surface area (Å²) in [5, 5.41) is 17.0. The van der Waals surface area contributed by atoms with Crippen molar-refractivity contribution >= 4 is 5.91 Å². The number of hydrogen-bond donors (Lipinski definition) is 2. The fourth-order valence-corrected chi connectivity index (χ4v) is 1.78. The Morgan fingerprint density at radius 3 is 2.76 bits per heavy atom. The molecule has 21 heavy (non-hydrogen) atoms. The molecule has 2 heterocycles. The molecule has 0 aliphatic heterocycles. The molecule has 7 nitrogen and oxygen atoms in total. The number of aromatic nitrogens is 5. The number of benzene rings is 1. The van der Waals surface area contributed by atoms with Gasteiger partial charge in [0.05, 0.1) is 24.5 Å². The molecule has 0 bridgehead atoms. The molecule has 0 radical (unpaired) electrons. The predicted octanol–water partition coefficient (Wildman–Crippen LogP) is 1.19. The number of carbonyl (C=O) groups excluding carboxylic acids is 1. The van der Waals surface area contributed by atoms with Crippen LogP contribution in [0, 0.1) is 0 Å². The summed E-state index contributed by atoms with van der Waals surface area (Å²) < 4.78 is 0. The van der Waals surface area contributed by atoms with Gasteiger partial charge in [0.1, 0.15) is 5.82 Å². The highest BCUT2D eigenvalue weighted by molar-refractivity contribution is 5.93. The molecule has 7 heteroatoms. The minimum absolute atomic E-state index is 0.234. The van der Waals surface area contributed by atoms with Crippen LogP contribution in [0.2, 0.25) is 0 Å². The Morgan fingerprint density at radius 1 is 1.14 bits per heavy atom. The van der Waals surface area contributed by atoms with E-state index in [1.807, 2.05) is 30.3 Å². The average molecular weight is 280 g/mol. The molecule has 3 aromatic rings. The highest BCUT2D eigenvalue weighted by Gasteiger charge is 2.08. The largest absolute Gasteiger partial charge is 0.345 e. The minimum atomic E-state index is -0.234. The lowest BCUT2D eigenvalue weighted by molar-refractivity contribution is 0.0949. The summed E-state index contributed by atoms with van der Waals surface area (Å²) in [6.07, 6.45) is 2.88. The van der Waals surface area contributed by atoms with Gasteiger partial charge in [-0.15, -0.1) is 0 Å². The molecule has 0 fully saturated rings. The second-order valence-corrected chi connectivity index (χ2v) is 4.29. The van der Waals surface area contributed by atoms with Gasteiger partial charge in [0.15, 0.2) is 5.82 Å². The number of rotatable bonds is 4. The van der Waals surface area contributed by atoms with Crippen molar-refractivity contribution in [3.63, 3.8) is 0 Å². The van der Waals surface area contributed by atoms with Crippen molar-refractivity contribution in [2.24, 2.45) is 0 Å². The second-order valence-electron chi connectivity index (χ2n) is 4.29. The fourth-order valence-electron chi connectivity index (χ4n) is 1.78. The Balaban J connectivity index is 1.64. The SMILES string of the molecule is O=C(NCc1nc(-c2ccccc2)n[nH]1)c1ccnnc1. The van der Waals surface area contributed by atoms with Crippen LogP contribution in [0.1, 0.15) is 16.2 Å². The summed E-state index contributed by atoms with van der Waals surface area (Å²) in [6, 6.07) is 11.2. The first kappa shape index (κ1) is 12.9. The maximum atomic E-state index is 11.9. The van der Waals surface area contributed by atoms with E-state index in [-0.39, 0.29) is 12.5 Å². The van der Waals surface area contributed by atoms with Gasteiger partial charge in [-0.1, -0.05) is 30.3 Å². The maximum Gasteiger partial charge on any atom is 0.253 e. The van der Waals surface area contributed by atoms with Crippen molar-refractivity contribution in [3.8, 4) is 11.4 Å². The van der Waals surface area contributed by atoms with Crippen LogP contribution >= 0.6 is 0 Å². The van der Waals surface area contributed by atoms with E-state index >= 15 is 0 Å². The van der Waals surface area contributed by atoms with Crippen LogP contribution in [-0.2, 0) is 6.54 Å². The van der Waals surface area contributed by atoms with Crippen molar-refractivity contribution < 1.29 is 4.79 Å². The Morgan fingerprint density at radius 2 is 2.00 bits per heavy atom. The summed E-state index contributed by atoms with van der Waals surface area (Å²) in [5.74, 6) is 0.956. The van der Waals surface area contributed by atoms with E-state index in [9.17, 15) is 4.79 Å². The van der Waals surface area contributed by atoms with E-state index in [4.69, 9.17) is 0 Å². The van der Waals surface area contributed by atoms with Gasteiger partial charge < -0.3 is 5.32 Å². The zero-order valence-electron chi connectivity index (χ0n) is 11.0. The molecule has 0 unspecified atom stereocenters. The molecular weight excluding hydrogens is 268 g/mol. The van der Waals surface area contributed by atoms with Gasteiger partial charge in [-0.3, -0.25) is 9.89 Å². The summed E-state index contributed by atoms with van der Waals surface area (Å²) in [6.45, 7) is 0.265. The smallest absolute Gasteiger partial charge is 0.253 e. The highest BCUT2D eigenvalue weighted by atomic mass is 16.1. The van der Waals surface area contributed by atoms with Crippen LogP contribution in [0.5, 0.6) is 0 Å². The van der Waals surface area contributed by atoms with E-state index in [2.05, 4.69) is 30.7 Å². The average Bonchev–Trinajstić information content (AvgIpc) is 3.03. The van der Waals surface area contributed by atoms with Crippen molar-refractivity contribution in [2.45, 2.75) is 6.54 Å². The first-order chi connectivity index (χ1) is 10.3.